The third kappa shape index (κ3) is 2.79. The fraction of sp³-hybridized carbons (Fsp3) is 0.133. The van der Waals surface area contributed by atoms with Gasteiger partial charge < -0.3 is 9.14 Å². The minimum atomic E-state index is 0.475. The van der Waals surface area contributed by atoms with Gasteiger partial charge in [0.15, 0.2) is 0 Å². The van der Waals surface area contributed by atoms with Gasteiger partial charge in [0, 0.05) is 16.9 Å². The highest BCUT2D eigenvalue weighted by Crippen LogP contribution is 2.16. The molecule has 2 aromatic heterocycles. The summed E-state index contributed by atoms with van der Waals surface area (Å²) in [5, 5.41) is 0. The quantitative estimate of drug-likeness (QED) is 0.730. The normalized spacial score (nSPS) is 10.8. The number of hydrogen-bond acceptors (Lipinski definition) is 2. The Morgan fingerprint density at radius 2 is 2.16 bits per heavy atom. The van der Waals surface area contributed by atoms with E-state index < -0.39 is 0 Å². The molecule has 0 saturated carbocycles. The fourth-order valence-electron chi connectivity index (χ4n) is 1.94. The number of nitrogens with zero attached hydrogens (tertiary/aromatic N) is 2. The van der Waals surface area contributed by atoms with E-state index in [1.165, 1.54) is 5.56 Å². The van der Waals surface area contributed by atoms with Crippen LogP contribution in [0.1, 0.15) is 11.3 Å². The zero-order valence-corrected chi connectivity index (χ0v) is 12.1. The van der Waals surface area contributed by atoms with Crippen LogP contribution >= 0.6 is 15.9 Å². The summed E-state index contributed by atoms with van der Waals surface area (Å²) in [4.78, 5) is 4.52. The molecule has 0 radical (unpaired) electrons. The molecule has 96 valence electrons. The zero-order valence-electron chi connectivity index (χ0n) is 10.5. The highest BCUT2D eigenvalue weighted by molar-refractivity contribution is 9.10. The Balaban J connectivity index is 1.78. The topological polar surface area (TPSA) is 26.5 Å². The lowest BCUT2D eigenvalue weighted by Gasteiger charge is -2.04. The second-order valence-electron chi connectivity index (χ2n) is 4.45. The minimum absolute atomic E-state index is 0.475. The van der Waals surface area contributed by atoms with Gasteiger partial charge in [-0.1, -0.05) is 28.1 Å². The van der Waals surface area contributed by atoms with Crippen LogP contribution in [-0.4, -0.2) is 9.38 Å². The van der Waals surface area contributed by atoms with Gasteiger partial charge in [-0.15, -0.1) is 0 Å². The van der Waals surface area contributed by atoms with Crippen molar-refractivity contribution < 1.29 is 4.74 Å². The second kappa shape index (κ2) is 5.05. The Bertz CT molecular complexity index is 721. The summed E-state index contributed by atoms with van der Waals surface area (Å²) in [7, 11) is 0. The minimum Gasteiger partial charge on any atom is -0.487 e. The molecular weight excluding hydrogens is 304 g/mol. The predicted octanol–water partition coefficient (Wildman–Crippen LogP) is 3.98. The summed E-state index contributed by atoms with van der Waals surface area (Å²) in [5.41, 5.74) is 3.02. The molecular formula is C15H13BrN2O. The number of halogens is 1. The van der Waals surface area contributed by atoms with Crippen LogP contribution < -0.4 is 4.74 Å². The van der Waals surface area contributed by atoms with Crippen LogP contribution in [0.5, 0.6) is 5.75 Å². The summed E-state index contributed by atoms with van der Waals surface area (Å²) in [6, 6.07) is 12.0. The molecule has 0 N–H and O–H groups in total. The lowest BCUT2D eigenvalue weighted by molar-refractivity contribution is 0.302. The molecule has 3 aromatic rings. The third-order valence-electron chi connectivity index (χ3n) is 2.85. The molecule has 19 heavy (non-hydrogen) atoms. The zero-order chi connectivity index (χ0) is 13.2. The van der Waals surface area contributed by atoms with E-state index in [0.717, 1.165) is 21.6 Å². The molecule has 0 amide bonds. The SMILES string of the molecule is Cc1cccc(OCc2cn3ccc(Br)cc3n2)c1. The molecule has 3 rings (SSSR count). The number of benzene rings is 1. The molecule has 0 saturated heterocycles. The van der Waals surface area contributed by atoms with Gasteiger partial charge in [-0.05, 0) is 36.8 Å². The first-order chi connectivity index (χ1) is 9.20. The van der Waals surface area contributed by atoms with Crippen molar-refractivity contribution in [3.8, 4) is 5.75 Å². The fourth-order valence-corrected chi connectivity index (χ4v) is 2.26. The van der Waals surface area contributed by atoms with Crippen LogP contribution in [0.25, 0.3) is 5.65 Å². The number of aryl methyl sites for hydroxylation is 1. The summed E-state index contributed by atoms with van der Waals surface area (Å²) in [5.74, 6) is 0.873. The highest BCUT2D eigenvalue weighted by atomic mass is 79.9. The van der Waals surface area contributed by atoms with Crippen molar-refractivity contribution in [1.29, 1.82) is 0 Å². The molecule has 2 heterocycles. The van der Waals surface area contributed by atoms with Crippen molar-refractivity contribution in [1.82, 2.24) is 9.38 Å². The van der Waals surface area contributed by atoms with Crippen molar-refractivity contribution in [3.05, 3.63) is 64.5 Å². The molecule has 0 unspecified atom stereocenters. The molecule has 1 aromatic carbocycles. The van der Waals surface area contributed by atoms with Crippen molar-refractivity contribution in [2.75, 3.05) is 0 Å². The first kappa shape index (κ1) is 12.2. The smallest absolute Gasteiger partial charge is 0.138 e. The molecule has 4 heteroatoms. The summed E-state index contributed by atoms with van der Waals surface area (Å²) >= 11 is 3.44. The Kier molecular flexibility index (Phi) is 3.25. The second-order valence-corrected chi connectivity index (χ2v) is 5.36. The number of imidazole rings is 1. The van der Waals surface area contributed by atoms with E-state index in [4.69, 9.17) is 4.74 Å². The van der Waals surface area contributed by atoms with Gasteiger partial charge in [0.25, 0.3) is 0 Å². The number of rotatable bonds is 3. The lowest BCUT2D eigenvalue weighted by atomic mass is 10.2. The average Bonchev–Trinajstić information content (AvgIpc) is 2.78. The maximum absolute atomic E-state index is 5.75. The highest BCUT2D eigenvalue weighted by Gasteiger charge is 2.03. The van der Waals surface area contributed by atoms with Crippen LogP contribution in [-0.2, 0) is 6.61 Å². The molecule has 0 aliphatic heterocycles. The van der Waals surface area contributed by atoms with Crippen molar-refractivity contribution in [2.45, 2.75) is 13.5 Å². The molecule has 0 atom stereocenters. The van der Waals surface area contributed by atoms with Crippen LogP contribution in [0.2, 0.25) is 0 Å². The van der Waals surface area contributed by atoms with E-state index in [0.29, 0.717) is 6.61 Å². The van der Waals surface area contributed by atoms with Crippen molar-refractivity contribution in [3.63, 3.8) is 0 Å². The summed E-state index contributed by atoms with van der Waals surface area (Å²) in [6.45, 7) is 2.53. The largest absolute Gasteiger partial charge is 0.487 e. The summed E-state index contributed by atoms with van der Waals surface area (Å²) in [6.07, 6.45) is 3.96. The molecule has 0 aliphatic rings. The molecule has 0 aliphatic carbocycles. The lowest BCUT2D eigenvalue weighted by Crippen LogP contribution is -1.95. The van der Waals surface area contributed by atoms with Gasteiger partial charge in [-0.25, -0.2) is 4.98 Å². The standard InChI is InChI=1S/C15H13BrN2O/c1-11-3-2-4-14(7-11)19-10-13-9-18-6-5-12(16)8-15(18)17-13/h2-9H,10H2,1H3. The Hall–Kier alpha value is -1.81. The molecule has 0 spiro atoms. The number of hydrogen-bond donors (Lipinski definition) is 0. The molecule has 0 fully saturated rings. The van der Waals surface area contributed by atoms with E-state index in [-0.39, 0.29) is 0 Å². The first-order valence-electron chi connectivity index (χ1n) is 6.03. The summed E-state index contributed by atoms with van der Waals surface area (Å²) < 4.78 is 8.76. The maximum Gasteiger partial charge on any atom is 0.138 e. The predicted molar refractivity (Wildman–Crippen MR) is 78.4 cm³/mol. The van der Waals surface area contributed by atoms with Crippen LogP contribution in [0.4, 0.5) is 0 Å². The van der Waals surface area contributed by atoms with E-state index in [1.807, 2.05) is 47.1 Å². The van der Waals surface area contributed by atoms with Crippen LogP contribution in [0.3, 0.4) is 0 Å². The number of fused-ring (bicyclic) bond motifs is 1. The number of ether oxygens (including phenoxy) is 1. The van der Waals surface area contributed by atoms with Crippen molar-refractivity contribution >= 4 is 21.6 Å². The number of pyridine rings is 1. The first-order valence-corrected chi connectivity index (χ1v) is 6.82. The molecule has 3 nitrogen and oxygen atoms in total. The van der Waals surface area contributed by atoms with Crippen LogP contribution in [0.15, 0.2) is 53.3 Å². The Morgan fingerprint density at radius 3 is 3.00 bits per heavy atom. The monoisotopic (exact) mass is 316 g/mol. The molecule has 0 bridgehead atoms. The maximum atomic E-state index is 5.75. The Morgan fingerprint density at radius 1 is 1.26 bits per heavy atom. The van der Waals surface area contributed by atoms with Crippen LogP contribution in [0, 0.1) is 6.92 Å². The van der Waals surface area contributed by atoms with Gasteiger partial charge in [-0.3, -0.25) is 0 Å². The van der Waals surface area contributed by atoms with Gasteiger partial charge in [0.05, 0.1) is 5.69 Å². The number of aromatic nitrogens is 2. The van der Waals surface area contributed by atoms with Gasteiger partial charge in [0.1, 0.15) is 18.0 Å². The van der Waals surface area contributed by atoms with Gasteiger partial charge in [0.2, 0.25) is 0 Å². The van der Waals surface area contributed by atoms with E-state index in [1.54, 1.807) is 0 Å². The average molecular weight is 317 g/mol. The van der Waals surface area contributed by atoms with Gasteiger partial charge in [-0.2, -0.15) is 0 Å². The van der Waals surface area contributed by atoms with Crippen molar-refractivity contribution in [2.24, 2.45) is 0 Å². The van der Waals surface area contributed by atoms with E-state index in [2.05, 4.69) is 33.9 Å². The van der Waals surface area contributed by atoms with Gasteiger partial charge >= 0.3 is 0 Å². The van der Waals surface area contributed by atoms with E-state index >= 15 is 0 Å². The Labute approximate surface area is 120 Å². The third-order valence-corrected chi connectivity index (χ3v) is 3.34. The van der Waals surface area contributed by atoms with E-state index in [9.17, 15) is 0 Å².